The van der Waals surface area contributed by atoms with Crippen LogP contribution in [-0.4, -0.2) is 89.2 Å². The molecule has 1 aliphatic heterocycles. The first-order chi connectivity index (χ1) is 37.6. The number of unbranched alkanes of at least 4 members (excludes halogenated alkanes) is 26. The van der Waals surface area contributed by atoms with Crippen molar-refractivity contribution < 1.29 is 58.2 Å². The first-order valence-corrected chi connectivity index (χ1v) is 30.9. The van der Waals surface area contributed by atoms with Gasteiger partial charge in [0.1, 0.15) is 18.8 Å². The second kappa shape index (κ2) is 52.8. The van der Waals surface area contributed by atoms with Crippen LogP contribution in [0, 0.1) is 0 Å². The van der Waals surface area contributed by atoms with Crippen LogP contribution in [0.1, 0.15) is 265 Å². The van der Waals surface area contributed by atoms with Crippen LogP contribution in [0.4, 0.5) is 0 Å². The Labute approximate surface area is 468 Å². The predicted octanol–water partition coefficient (Wildman–Crippen LogP) is 16.1. The quantitative estimate of drug-likeness (QED) is 0.0228. The number of carboxylic acids is 1. The zero-order chi connectivity index (χ0) is 56.1. The van der Waals surface area contributed by atoms with E-state index < -0.39 is 67.3 Å². The second-order valence-corrected chi connectivity index (χ2v) is 21.0. The van der Waals surface area contributed by atoms with Gasteiger partial charge < -0.3 is 39.0 Å². The molecule has 442 valence electrons. The normalized spacial score (nSPS) is 18.5. The summed E-state index contributed by atoms with van der Waals surface area (Å²) in [6, 6.07) is 0. The number of hydrogen-bond donors (Lipinski definition) is 3. The van der Waals surface area contributed by atoms with Gasteiger partial charge in [0.25, 0.3) is 0 Å². The molecule has 1 fully saturated rings. The number of aliphatic hydroxyl groups is 2. The maximum atomic E-state index is 13.1. The molecule has 0 aromatic rings. The van der Waals surface area contributed by atoms with Gasteiger partial charge in [-0.25, -0.2) is 4.79 Å². The Morgan fingerprint density at radius 1 is 0.442 bits per heavy atom. The van der Waals surface area contributed by atoms with E-state index >= 15 is 0 Å². The van der Waals surface area contributed by atoms with Crippen molar-refractivity contribution in [3.05, 3.63) is 72.9 Å². The molecular weight excluding hydrogens is 973 g/mol. The van der Waals surface area contributed by atoms with Gasteiger partial charge in [0.05, 0.1) is 6.61 Å². The standard InChI is InChI=1S/C65H110O12/c1-4-7-10-13-16-19-22-25-27-29-31-34-36-39-42-45-48-51-57(66)73-54-56(75-58(67)52-49-46-43-40-37-33-24-21-18-15-12-9-6-3)55-74-65-63(61(70)60(69)62(77-65)64(71)72)76-59(68)53-50-47-44-41-38-35-32-30-28-26-23-20-17-14-11-8-5-2/h8,11,17,20-21,24,26,28,32,35,41,44,56,60-63,65,69-70H,4-7,9-10,12-16,18-19,22-23,25,27,29-31,33-34,36-40,42-43,45-55H2,1-3H3,(H,71,72)/b11-8-,20-17-,24-21-,28-26-,35-32-,44-41-. The summed E-state index contributed by atoms with van der Waals surface area (Å²) in [6.45, 7) is 5.85. The average Bonchev–Trinajstić information content (AvgIpc) is 3.42. The van der Waals surface area contributed by atoms with E-state index in [-0.39, 0.29) is 25.9 Å². The van der Waals surface area contributed by atoms with Gasteiger partial charge in [0, 0.05) is 19.3 Å². The van der Waals surface area contributed by atoms with Gasteiger partial charge >= 0.3 is 23.9 Å². The van der Waals surface area contributed by atoms with Gasteiger partial charge in [0.2, 0.25) is 0 Å². The highest BCUT2D eigenvalue weighted by Gasteiger charge is 2.50. The fourth-order valence-electron chi connectivity index (χ4n) is 9.05. The summed E-state index contributed by atoms with van der Waals surface area (Å²) in [4.78, 5) is 51.2. The molecule has 0 saturated carbocycles. The molecule has 1 saturated heterocycles. The van der Waals surface area contributed by atoms with Gasteiger partial charge in [0.15, 0.2) is 24.6 Å². The van der Waals surface area contributed by atoms with Crippen molar-refractivity contribution in [1.29, 1.82) is 0 Å². The Kier molecular flexibility index (Phi) is 48.8. The first-order valence-electron chi connectivity index (χ1n) is 30.9. The number of aliphatic carboxylic acids is 1. The fraction of sp³-hybridized carbons (Fsp3) is 0.754. The minimum absolute atomic E-state index is 0.0193. The van der Waals surface area contributed by atoms with Crippen molar-refractivity contribution >= 4 is 23.9 Å². The van der Waals surface area contributed by atoms with E-state index in [2.05, 4.69) is 81.5 Å². The summed E-state index contributed by atoms with van der Waals surface area (Å²) < 4.78 is 28.4. The molecule has 1 heterocycles. The first kappa shape index (κ1) is 71.2. The van der Waals surface area contributed by atoms with E-state index in [4.69, 9.17) is 23.7 Å². The molecule has 12 heteroatoms. The molecule has 0 aromatic carbocycles. The van der Waals surface area contributed by atoms with Crippen molar-refractivity contribution in [2.24, 2.45) is 0 Å². The van der Waals surface area contributed by atoms with Crippen LogP contribution in [0.3, 0.4) is 0 Å². The summed E-state index contributed by atoms with van der Waals surface area (Å²) >= 11 is 0. The summed E-state index contributed by atoms with van der Waals surface area (Å²) in [5, 5.41) is 31.5. The Balaban J connectivity index is 2.70. The highest BCUT2D eigenvalue weighted by molar-refractivity contribution is 5.74. The van der Waals surface area contributed by atoms with Crippen molar-refractivity contribution in [3.63, 3.8) is 0 Å². The number of rotatable bonds is 52. The van der Waals surface area contributed by atoms with Crippen LogP contribution in [0.25, 0.3) is 0 Å². The van der Waals surface area contributed by atoms with E-state index in [9.17, 15) is 34.5 Å². The summed E-state index contributed by atoms with van der Waals surface area (Å²) in [5.74, 6) is -3.20. The van der Waals surface area contributed by atoms with Gasteiger partial charge in [-0.1, -0.05) is 235 Å². The Morgan fingerprint density at radius 2 is 0.831 bits per heavy atom. The third kappa shape index (κ3) is 42.7. The molecule has 0 spiro atoms. The third-order valence-corrected chi connectivity index (χ3v) is 13.8. The van der Waals surface area contributed by atoms with Crippen molar-refractivity contribution in [3.8, 4) is 0 Å². The summed E-state index contributed by atoms with van der Waals surface area (Å²) in [6.07, 6.45) is 54.5. The molecule has 1 aliphatic rings. The van der Waals surface area contributed by atoms with E-state index in [1.165, 1.54) is 109 Å². The second-order valence-electron chi connectivity index (χ2n) is 21.0. The number of carbonyl (C=O) groups is 4. The van der Waals surface area contributed by atoms with E-state index in [1.807, 2.05) is 12.2 Å². The molecule has 6 unspecified atom stereocenters. The topological polar surface area (TPSA) is 175 Å². The average molecular weight is 1080 g/mol. The number of carboxylic acid groups (broad SMARTS) is 1. The predicted molar refractivity (Wildman–Crippen MR) is 312 cm³/mol. The highest BCUT2D eigenvalue weighted by atomic mass is 16.7. The number of esters is 3. The molecule has 0 aromatic heterocycles. The number of allylic oxidation sites excluding steroid dienone is 12. The summed E-state index contributed by atoms with van der Waals surface area (Å²) in [7, 11) is 0. The Bertz CT molecular complexity index is 1620. The number of aliphatic hydroxyl groups excluding tert-OH is 2. The molecule has 0 aliphatic carbocycles. The highest BCUT2D eigenvalue weighted by Crippen LogP contribution is 2.26. The van der Waals surface area contributed by atoms with Gasteiger partial charge in [-0.3, -0.25) is 14.4 Å². The smallest absolute Gasteiger partial charge is 0.335 e. The Hall–Kier alpha value is -3.84. The Morgan fingerprint density at radius 3 is 1.31 bits per heavy atom. The number of carbonyl (C=O) groups excluding carboxylic acids is 3. The lowest BCUT2D eigenvalue weighted by Crippen LogP contribution is -2.61. The molecule has 0 amide bonds. The minimum atomic E-state index is -1.92. The number of hydrogen-bond acceptors (Lipinski definition) is 11. The van der Waals surface area contributed by atoms with Gasteiger partial charge in [-0.2, -0.15) is 0 Å². The lowest BCUT2D eigenvalue weighted by atomic mass is 9.98. The molecule has 0 bridgehead atoms. The maximum Gasteiger partial charge on any atom is 0.335 e. The maximum absolute atomic E-state index is 13.1. The molecule has 12 nitrogen and oxygen atoms in total. The van der Waals surface area contributed by atoms with Crippen molar-refractivity contribution in [2.45, 2.75) is 302 Å². The van der Waals surface area contributed by atoms with Gasteiger partial charge in [-0.15, -0.1) is 0 Å². The monoisotopic (exact) mass is 1080 g/mol. The molecule has 6 atom stereocenters. The van der Waals surface area contributed by atoms with Gasteiger partial charge in [-0.05, 0) is 83.5 Å². The molecule has 77 heavy (non-hydrogen) atoms. The fourth-order valence-corrected chi connectivity index (χ4v) is 9.05. The lowest BCUT2D eigenvalue weighted by molar-refractivity contribution is -0.301. The van der Waals surface area contributed by atoms with Crippen LogP contribution in [0.2, 0.25) is 0 Å². The van der Waals surface area contributed by atoms with Crippen molar-refractivity contribution in [2.75, 3.05) is 13.2 Å². The summed E-state index contributed by atoms with van der Waals surface area (Å²) in [5.41, 5.74) is 0. The molecule has 1 rings (SSSR count). The van der Waals surface area contributed by atoms with Crippen LogP contribution < -0.4 is 0 Å². The van der Waals surface area contributed by atoms with Crippen LogP contribution in [0.15, 0.2) is 72.9 Å². The van der Waals surface area contributed by atoms with E-state index in [1.54, 1.807) is 0 Å². The van der Waals surface area contributed by atoms with Crippen molar-refractivity contribution in [1.82, 2.24) is 0 Å². The number of ether oxygens (including phenoxy) is 5. The molecule has 0 radical (unpaired) electrons. The van der Waals surface area contributed by atoms with E-state index in [0.717, 1.165) is 89.9 Å². The zero-order valence-corrected chi connectivity index (χ0v) is 48.7. The van der Waals surface area contributed by atoms with Crippen LogP contribution >= 0.6 is 0 Å². The SMILES string of the molecule is CC/C=C\C/C=C\C/C=C\C/C=C\C/C=C\CCCC(=O)OC1C(OCC(COC(=O)CCCCCCCCCCCCCCCCCCC)OC(=O)CCCCCCC/C=C\CCCCCC)OC(C(=O)O)C(O)C1O. The van der Waals surface area contributed by atoms with Crippen LogP contribution in [-0.2, 0) is 42.9 Å². The molecular formula is C65H110O12. The minimum Gasteiger partial charge on any atom is -0.479 e. The van der Waals surface area contributed by atoms with Crippen LogP contribution in [0.5, 0.6) is 0 Å². The molecule has 3 N–H and O–H groups in total. The largest absolute Gasteiger partial charge is 0.479 e. The lowest BCUT2D eigenvalue weighted by Gasteiger charge is -2.40. The zero-order valence-electron chi connectivity index (χ0n) is 48.7. The third-order valence-electron chi connectivity index (χ3n) is 13.8. The van der Waals surface area contributed by atoms with E-state index in [0.29, 0.717) is 25.7 Å².